The minimum Gasteiger partial charge on any atom is -0.303 e. The highest BCUT2D eigenvalue weighted by Crippen LogP contribution is 2.29. The van der Waals surface area contributed by atoms with Gasteiger partial charge in [-0.2, -0.15) is 13.2 Å². The molecule has 0 saturated heterocycles. The zero-order chi connectivity index (χ0) is 15.6. The molecule has 0 radical (unpaired) electrons. The van der Waals surface area contributed by atoms with E-state index < -0.39 is 11.7 Å². The summed E-state index contributed by atoms with van der Waals surface area (Å²) in [7, 11) is 0. The molecule has 1 unspecified atom stereocenters. The van der Waals surface area contributed by atoms with Crippen molar-refractivity contribution in [3.8, 4) is 0 Å². The fraction of sp³-hybridized carbons (Fsp3) is 0.400. The lowest BCUT2D eigenvalue weighted by Gasteiger charge is -2.24. The molecule has 1 aliphatic rings. The molecule has 1 atom stereocenters. The van der Waals surface area contributed by atoms with Gasteiger partial charge in [-0.1, -0.05) is 0 Å². The van der Waals surface area contributed by atoms with Crippen LogP contribution in [0.1, 0.15) is 41.5 Å². The molecule has 1 N–H and O–H groups in total. The minimum absolute atomic E-state index is 0.0709. The van der Waals surface area contributed by atoms with Crippen molar-refractivity contribution in [2.24, 2.45) is 0 Å². The van der Waals surface area contributed by atoms with Crippen LogP contribution >= 0.6 is 0 Å². The van der Waals surface area contributed by atoms with Crippen molar-refractivity contribution in [3.63, 3.8) is 0 Å². The Morgan fingerprint density at radius 2 is 1.95 bits per heavy atom. The van der Waals surface area contributed by atoms with Crippen molar-refractivity contribution in [1.82, 2.24) is 20.3 Å². The van der Waals surface area contributed by atoms with E-state index in [1.807, 2.05) is 0 Å². The molecule has 0 fully saturated rings. The Balaban J connectivity index is 1.66. The number of hydrogen-bond donors (Lipinski definition) is 1. The number of aromatic nitrogens is 3. The van der Waals surface area contributed by atoms with E-state index in [9.17, 15) is 13.2 Å². The van der Waals surface area contributed by atoms with E-state index in [4.69, 9.17) is 0 Å². The van der Waals surface area contributed by atoms with E-state index >= 15 is 0 Å². The van der Waals surface area contributed by atoms with Crippen LogP contribution in [0.4, 0.5) is 13.2 Å². The first-order chi connectivity index (χ1) is 10.5. The molecule has 2 aromatic rings. The van der Waals surface area contributed by atoms with E-state index in [1.165, 1.54) is 6.07 Å². The highest BCUT2D eigenvalue weighted by atomic mass is 19.4. The van der Waals surface area contributed by atoms with Crippen LogP contribution in [0.2, 0.25) is 0 Å². The smallest absolute Gasteiger partial charge is 0.303 e. The Morgan fingerprint density at radius 1 is 1.14 bits per heavy atom. The van der Waals surface area contributed by atoms with Gasteiger partial charge in [0.25, 0.3) is 0 Å². The summed E-state index contributed by atoms with van der Waals surface area (Å²) in [5, 5.41) is 3.31. The summed E-state index contributed by atoms with van der Waals surface area (Å²) in [6.45, 7) is 0.402. The predicted octanol–water partition coefficient (Wildman–Crippen LogP) is 3.06. The number of fused-ring (bicyclic) bond motifs is 1. The monoisotopic (exact) mass is 308 g/mol. The molecule has 22 heavy (non-hydrogen) atoms. The molecule has 0 aliphatic heterocycles. The van der Waals surface area contributed by atoms with Crippen LogP contribution in [0.25, 0.3) is 0 Å². The standard InChI is InChI=1S/C15H15F3N4/c16-15(17,18)10-4-5-11(21-8-10)9-22-13-3-1-2-12-14(13)20-7-6-19-12/h4-8,13,22H,1-3,9H2. The van der Waals surface area contributed by atoms with Crippen LogP contribution in [0, 0.1) is 0 Å². The fourth-order valence-electron chi connectivity index (χ4n) is 2.59. The van der Waals surface area contributed by atoms with Crippen molar-refractivity contribution in [2.75, 3.05) is 0 Å². The first kappa shape index (κ1) is 14.9. The topological polar surface area (TPSA) is 50.7 Å². The molecule has 116 valence electrons. The second-order valence-electron chi connectivity index (χ2n) is 5.25. The Hall–Kier alpha value is -2.02. The van der Waals surface area contributed by atoms with Crippen LogP contribution in [-0.4, -0.2) is 15.0 Å². The quantitative estimate of drug-likeness (QED) is 0.947. The van der Waals surface area contributed by atoms with Gasteiger partial charge in [0.05, 0.1) is 28.7 Å². The highest BCUT2D eigenvalue weighted by molar-refractivity contribution is 5.20. The number of aryl methyl sites for hydroxylation is 1. The Morgan fingerprint density at radius 3 is 2.68 bits per heavy atom. The Bertz CT molecular complexity index is 640. The van der Waals surface area contributed by atoms with Gasteiger partial charge in [0, 0.05) is 25.1 Å². The maximum absolute atomic E-state index is 12.5. The number of pyridine rings is 1. The Kier molecular flexibility index (Phi) is 4.06. The lowest BCUT2D eigenvalue weighted by atomic mass is 9.95. The molecule has 0 amide bonds. The highest BCUT2D eigenvalue weighted by Gasteiger charge is 2.30. The lowest BCUT2D eigenvalue weighted by molar-refractivity contribution is -0.137. The number of hydrogen-bond acceptors (Lipinski definition) is 4. The van der Waals surface area contributed by atoms with Gasteiger partial charge in [0.15, 0.2) is 0 Å². The first-order valence-corrected chi connectivity index (χ1v) is 7.09. The molecule has 4 nitrogen and oxygen atoms in total. The lowest BCUT2D eigenvalue weighted by Crippen LogP contribution is -2.26. The maximum atomic E-state index is 12.5. The van der Waals surface area contributed by atoms with E-state index in [0.29, 0.717) is 12.2 Å². The molecule has 7 heteroatoms. The maximum Gasteiger partial charge on any atom is 0.417 e. The van der Waals surface area contributed by atoms with Gasteiger partial charge < -0.3 is 5.32 Å². The second kappa shape index (κ2) is 6.00. The number of rotatable bonds is 3. The second-order valence-corrected chi connectivity index (χ2v) is 5.25. The summed E-state index contributed by atoms with van der Waals surface area (Å²) in [6, 6.07) is 2.52. The average Bonchev–Trinajstić information content (AvgIpc) is 2.52. The van der Waals surface area contributed by atoms with Crippen LogP contribution in [0.3, 0.4) is 0 Å². The van der Waals surface area contributed by atoms with Crippen LogP contribution in [-0.2, 0) is 19.1 Å². The molecule has 0 saturated carbocycles. The van der Waals surface area contributed by atoms with Crippen LogP contribution in [0.15, 0.2) is 30.7 Å². The summed E-state index contributed by atoms with van der Waals surface area (Å²) in [6.07, 6.45) is 2.73. The number of nitrogens with zero attached hydrogens (tertiary/aromatic N) is 3. The van der Waals surface area contributed by atoms with Gasteiger partial charge in [-0.15, -0.1) is 0 Å². The summed E-state index contributed by atoms with van der Waals surface area (Å²) < 4.78 is 37.5. The van der Waals surface area contributed by atoms with E-state index in [2.05, 4.69) is 20.3 Å². The Labute approximate surface area is 125 Å². The van der Waals surface area contributed by atoms with Gasteiger partial charge in [-0.25, -0.2) is 0 Å². The van der Waals surface area contributed by atoms with Gasteiger partial charge >= 0.3 is 6.18 Å². The predicted molar refractivity (Wildman–Crippen MR) is 73.8 cm³/mol. The molecular formula is C15H15F3N4. The van der Waals surface area contributed by atoms with Crippen molar-refractivity contribution in [3.05, 3.63) is 53.4 Å². The third-order valence-corrected chi connectivity index (χ3v) is 3.72. The molecule has 2 heterocycles. The molecule has 1 aliphatic carbocycles. The van der Waals surface area contributed by atoms with E-state index in [1.54, 1.807) is 12.4 Å². The first-order valence-electron chi connectivity index (χ1n) is 7.09. The van der Waals surface area contributed by atoms with Gasteiger partial charge in [-0.05, 0) is 31.4 Å². The zero-order valence-electron chi connectivity index (χ0n) is 11.8. The summed E-state index contributed by atoms with van der Waals surface area (Å²) in [5.41, 5.74) is 1.77. The molecule has 0 aromatic carbocycles. The third kappa shape index (κ3) is 3.24. The fourth-order valence-corrected chi connectivity index (χ4v) is 2.59. The molecule has 0 bridgehead atoms. The minimum atomic E-state index is -4.35. The normalized spacial score (nSPS) is 18.0. The number of alkyl halides is 3. The molecule has 2 aromatic heterocycles. The van der Waals surface area contributed by atoms with Crippen LogP contribution < -0.4 is 5.32 Å². The van der Waals surface area contributed by atoms with E-state index in [-0.39, 0.29) is 6.04 Å². The largest absolute Gasteiger partial charge is 0.417 e. The summed E-state index contributed by atoms with van der Waals surface area (Å²) >= 11 is 0. The van der Waals surface area contributed by atoms with Gasteiger partial charge in [-0.3, -0.25) is 15.0 Å². The zero-order valence-corrected chi connectivity index (χ0v) is 11.8. The van der Waals surface area contributed by atoms with Crippen molar-refractivity contribution < 1.29 is 13.2 Å². The summed E-state index contributed by atoms with van der Waals surface area (Å²) in [5.74, 6) is 0. The van der Waals surface area contributed by atoms with Gasteiger partial charge in [0.2, 0.25) is 0 Å². The van der Waals surface area contributed by atoms with Crippen molar-refractivity contribution >= 4 is 0 Å². The van der Waals surface area contributed by atoms with E-state index in [0.717, 1.165) is 42.9 Å². The van der Waals surface area contributed by atoms with Gasteiger partial charge in [0.1, 0.15) is 0 Å². The van der Waals surface area contributed by atoms with Crippen molar-refractivity contribution in [1.29, 1.82) is 0 Å². The summed E-state index contributed by atoms with van der Waals surface area (Å²) in [4.78, 5) is 12.6. The number of halogens is 3. The SMILES string of the molecule is FC(F)(F)c1ccc(CNC2CCCc3nccnc32)nc1. The molecular weight excluding hydrogens is 293 g/mol. The third-order valence-electron chi connectivity index (χ3n) is 3.72. The van der Waals surface area contributed by atoms with Crippen LogP contribution in [0.5, 0.6) is 0 Å². The average molecular weight is 308 g/mol. The van der Waals surface area contributed by atoms with Crippen molar-refractivity contribution in [2.45, 2.75) is 38.0 Å². The number of nitrogens with one attached hydrogen (secondary N) is 1. The molecule has 0 spiro atoms. The molecule has 3 rings (SSSR count).